The Labute approximate surface area is 152 Å². The lowest BCUT2D eigenvalue weighted by Gasteiger charge is -2.35. The molecule has 138 valence electrons. The Hall–Kier alpha value is -2.19. The SMILES string of the molecule is CS(=O)(=O)N1CCN(C(=O)C2(c3cc(-c4ccccc4)on3)CC2)CC1. The van der Waals surface area contributed by atoms with Crippen LogP contribution in [-0.2, 0) is 20.2 Å². The summed E-state index contributed by atoms with van der Waals surface area (Å²) in [5.41, 5.74) is 0.993. The van der Waals surface area contributed by atoms with Crippen LogP contribution in [-0.4, -0.2) is 61.1 Å². The van der Waals surface area contributed by atoms with Crippen LogP contribution in [0.2, 0.25) is 0 Å². The van der Waals surface area contributed by atoms with Gasteiger partial charge in [0.2, 0.25) is 15.9 Å². The van der Waals surface area contributed by atoms with E-state index < -0.39 is 15.4 Å². The van der Waals surface area contributed by atoms with Crippen molar-refractivity contribution in [2.45, 2.75) is 18.3 Å². The number of nitrogens with zero attached hydrogens (tertiary/aromatic N) is 3. The molecule has 1 saturated carbocycles. The summed E-state index contributed by atoms with van der Waals surface area (Å²) in [6, 6.07) is 11.5. The Morgan fingerprint density at radius 2 is 1.77 bits per heavy atom. The Balaban J connectivity index is 1.50. The number of aromatic nitrogens is 1. The zero-order valence-corrected chi connectivity index (χ0v) is 15.4. The van der Waals surface area contributed by atoms with Gasteiger partial charge in [-0.2, -0.15) is 4.31 Å². The summed E-state index contributed by atoms with van der Waals surface area (Å²) in [4.78, 5) is 14.8. The fraction of sp³-hybridized carbons (Fsp3) is 0.444. The zero-order valence-electron chi connectivity index (χ0n) is 14.6. The summed E-state index contributed by atoms with van der Waals surface area (Å²) in [5, 5.41) is 4.17. The fourth-order valence-electron chi connectivity index (χ4n) is 3.47. The molecular weight excluding hydrogens is 354 g/mol. The topological polar surface area (TPSA) is 83.7 Å². The van der Waals surface area contributed by atoms with Crippen LogP contribution in [0.4, 0.5) is 0 Å². The van der Waals surface area contributed by atoms with Gasteiger partial charge < -0.3 is 9.42 Å². The van der Waals surface area contributed by atoms with Crippen LogP contribution < -0.4 is 0 Å². The van der Waals surface area contributed by atoms with Gasteiger partial charge in [0.1, 0.15) is 0 Å². The lowest BCUT2D eigenvalue weighted by Crippen LogP contribution is -2.52. The number of sulfonamides is 1. The Morgan fingerprint density at radius 3 is 2.35 bits per heavy atom. The molecule has 2 fully saturated rings. The molecule has 0 N–H and O–H groups in total. The van der Waals surface area contributed by atoms with E-state index >= 15 is 0 Å². The molecule has 0 bridgehead atoms. The second kappa shape index (κ2) is 6.21. The van der Waals surface area contributed by atoms with Gasteiger partial charge in [0.05, 0.1) is 17.4 Å². The molecule has 1 aromatic heterocycles. The lowest BCUT2D eigenvalue weighted by atomic mass is 9.99. The highest BCUT2D eigenvalue weighted by atomic mass is 32.2. The highest BCUT2D eigenvalue weighted by Crippen LogP contribution is 2.49. The molecule has 1 saturated heterocycles. The molecule has 2 heterocycles. The maximum absolute atomic E-state index is 13.1. The molecular formula is C18H21N3O4S. The third kappa shape index (κ3) is 3.03. The number of hydrogen-bond acceptors (Lipinski definition) is 5. The summed E-state index contributed by atoms with van der Waals surface area (Å²) in [6.45, 7) is 1.51. The highest BCUT2D eigenvalue weighted by molar-refractivity contribution is 7.88. The molecule has 1 amide bonds. The average molecular weight is 375 g/mol. The average Bonchev–Trinajstić information content (AvgIpc) is 3.30. The summed E-state index contributed by atoms with van der Waals surface area (Å²) in [5.74, 6) is 0.681. The minimum atomic E-state index is -3.21. The van der Waals surface area contributed by atoms with Crippen LogP contribution >= 0.6 is 0 Å². The summed E-state index contributed by atoms with van der Waals surface area (Å²) in [6.07, 6.45) is 2.70. The van der Waals surface area contributed by atoms with Crippen molar-refractivity contribution in [3.63, 3.8) is 0 Å². The van der Waals surface area contributed by atoms with Crippen molar-refractivity contribution in [3.8, 4) is 11.3 Å². The number of hydrogen-bond donors (Lipinski definition) is 0. The molecule has 0 radical (unpaired) electrons. The van der Waals surface area contributed by atoms with E-state index in [9.17, 15) is 13.2 Å². The van der Waals surface area contributed by atoms with E-state index in [2.05, 4.69) is 5.16 Å². The van der Waals surface area contributed by atoms with Crippen molar-refractivity contribution in [1.29, 1.82) is 0 Å². The standard InChI is InChI=1S/C18H21N3O4S/c1-26(23,24)21-11-9-20(10-12-21)17(22)18(7-8-18)16-13-15(25-19-16)14-5-3-2-4-6-14/h2-6,13H,7-12H2,1H3. The van der Waals surface area contributed by atoms with Crippen molar-refractivity contribution in [2.75, 3.05) is 32.4 Å². The lowest BCUT2D eigenvalue weighted by molar-refractivity contribution is -0.135. The third-order valence-corrected chi connectivity index (χ3v) is 6.52. The third-order valence-electron chi connectivity index (χ3n) is 5.21. The maximum Gasteiger partial charge on any atom is 0.235 e. The first-order valence-corrected chi connectivity index (χ1v) is 10.5. The highest BCUT2D eigenvalue weighted by Gasteiger charge is 2.55. The molecule has 8 heteroatoms. The van der Waals surface area contributed by atoms with Gasteiger partial charge in [0.15, 0.2) is 5.76 Å². The van der Waals surface area contributed by atoms with Crippen molar-refractivity contribution < 1.29 is 17.7 Å². The number of rotatable bonds is 4. The Kier molecular flexibility index (Phi) is 4.11. The van der Waals surface area contributed by atoms with Crippen molar-refractivity contribution >= 4 is 15.9 Å². The number of carbonyl (C=O) groups excluding carboxylic acids is 1. The number of amides is 1. The summed E-state index contributed by atoms with van der Waals surface area (Å²) >= 11 is 0. The molecule has 0 unspecified atom stereocenters. The number of benzene rings is 1. The minimum Gasteiger partial charge on any atom is -0.356 e. The van der Waals surface area contributed by atoms with E-state index in [1.165, 1.54) is 10.6 Å². The van der Waals surface area contributed by atoms with Gasteiger partial charge in [-0.1, -0.05) is 35.5 Å². The largest absolute Gasteiger partial charge is 0.356 e. The molecule has 0 spiro atoms. The Bertz CT molecular complexity index is 911. The molecule has 2 aliphatic rings. The van der Waals surface area contributed by atoms with Crippen molar-refractivity contribution in [2.24, 2.45) is 0 Å². The number of piperazine rings is 1. The molecule has 7 nitrogen and oxygen atoms in total. The maximum atomic E-state index is 13.1. The van der Waals surface area contributed by atoms with Crippen LogP contribution in [0, 0.1) is 0 Å². The van der Waals surface area contributed by atoms with Crippen LogP contribution in [0.25, 0.3) is 11.3 Å². The van der Waals surface area contributed by atoms with Gasteiger partial charge in [0, 0.05) is 37.8 Å². The van der Waals surface area contributed by atoms with Gasteiger partial charge in [-0.25, -0.2) is 8.42 Å². The quantitative estimate of drug-likeness (QED) is 0.808. The second-order valence-corrected chi connectivity index (χ2v) is 8.96. The van der Waals surface area contributed by atoms with E-state index in [0.717, 1.165) is 18.4 Å². The van der Waals surface area contributed by atoms with Gasteiger partial charge in [-0.3, -0.25) is 4.79 Å². The van der Waals surface area contributed by atoms with Crippen LogP contribution in [0.5, 0.6) is 0 Å². The second-order valence-electron chi connectivity index (χ2n) is 6.98. The minimum absolute atomic E-state index is 0.0264. The van der Waals surface area contributed by atoms with Crippen molar-refractivity contribution in [3.05, 3.63) is 42.1 Å². The summed E-state index contributed by atoms with van der Waals surface area (Å²) < 4.78 is 30.1. The fourth-order valence-corrected chi connectivity index (χ4v) is 4.30. The van der Waals surface area contributed by atoms with E-state index in [0.29, 0.717) is 37.6 Å². The van der Waals surface area contributed by atoms with E-state index in [1.807, 2.05) is 36.4 Å². The first-order valence-electron chi connectivity index (χ1n) is 8.67. The number of carbonyl (C=O) groups is 1. The van der Waals surface area contributed by atoms with Gasteiger partial charge in [0.25, 0.3) is 0 Å². The molecule has 1 aromatic carbocycles. The molecule has 2 aromatic rings. The predicted molar refractivity (Wildman–Crippen MR) is 95.8 cm³/mol. The van der Waals surface area contributed by atoms with Gasteiger partial charge in [-0.05, 0) is 12.8 Å². The van der Waals surface area contributed by atoms with E-state index in [4.69, 9.17) is 4.52 Å². The molecule has 1 aliphatic carbocycles. The first-order chi connectivity index (χ1) is 12.4. The van der Waals surface area contributed by atoms with Crippen LogP contribution in [0.1, 0.15) is 18.5 Å². The normalized spacial score (nSPS) is 20.1. The first kappa shape index (κ1) is 17.2. The van der Waals surface area contributed by atoms with Crippen LogP contribution in [0.15, 0.2) is 40.9 Å². The molecule has 1 aliphatic heterocycles. The van der Waals surface area contributed by atoms with E-state index in [1.54, 1.807) is 4.90 Å². The van der Waals surface area contributed by atoms with E-state index in [-0.39, 0.29) is 5.91 Å². The van der Waals surface area contributed by atoms with Crippen LogP contribution in [0.3, 0.4) is 0 Å². The smallest absolute Gasteiger partial charge is 0.235 e. The molecule has 0 atom stereocenters. The van der Waals surface area contributed by atoms with Gasteiger partial charge >= 0.3 is 0 Å². The monoisotopic (exact) mass is 375 g/mol. The predicted octanol–water partition coefficient (Wildman–Crippen LogP) is 1.48. The molecule has 26 heavy (non-hydrogen) atoms. The zero-order chi connectivity index (χ0) is 18.4. The Morgan fingerprint density at radius 1 is 1.12 bits per heavy atom. The summed E-state index contributed by atoms with van der Waals surface area (Å²) in [7, 11) is -3.21. The van der Waals surface area contributed by atoms with Crippen molar-refractivity contribution in [1.82, 2.24) is 14.4 Å². The van der Waals surface area contributed by atoms with Gasteiger partial charge in [-0.15, -0.1) is 0 Å². The molecule has 4 rings (SSSR count).